The van der Waals surface area contributed by atoms with E-state index >= 15 is 0 Å². The minimum Gasteiger partial charge on any atom is -0.355 e. The van der Waals surface area contributed by atoms with Gasteiger partial charge in [0, 0.05) is 19.6 Å². The van der Waals surface area contributed by atoms with Crippen LogP contribution in [-0.4, -0.2) is 60.9 Å². The second-order valence-electron chi connectivity index (χ2n) is 5.42. The number of nitrogens with zero attached hydrogens (tertiary/aromatic N) is 2. The molecule has 1 saturated heterocycles. The van der Waals surface area contributed by atoms with Crippen molar-refractivity contribution in [3.8, 4) is 0 Å². The van der Waals surface area contributed by atoms with Gasteiger partial charge < -0.3 is 10.2 Å². The number of likely N-dealkylation sites (tertiary alicyclic amines) is 1. The molecule has 110 valence electrons. The molecule has 1 aliphatic heterocycles. The summed E-state index contributed by atoms with van der Waals surface area (Å²) in [4.78, 5) is 27.4. The summed E-state index contributed by atoms with van der Waals surface area (Å²) in [7, 11) is 1.70. The molecule has 1 heterocycles. The fourth-order valence-corrected chi connectivity index (χ4v) is 2.31. The van der Waals surface area contributed by atoms with Crippen molar-refractivity contribution >= 4 is 11.8 Å². The van der Waals surface area contributed by atoms with E-state index in [4.69, 9.17) is 0 Å². The van der Waals surface area contributed by atoms with Crippen molar-refractivity contribution in [1.29, 1.82) is 0 Å². The topological polar surface area (TPSA) is 52.7 Å². The van der Waals surface area contributed by atoms with Crippen LogP contribution in [0.5, 0.6) is 0 Å². The monoisotopic (exact) mass is 269 g/mol. The highest BCUT2D eigenvalue weighted by Crippen LogP contribution is 2.15. The molecule has 0 radical (unpaired) electrons. The van der Waals surface area contributed by atoms with E-state index in [2.05, 4.69) is 17.1 Å². The van der Waals surface area contributed by atoms with Gasteiger partial charge in [-0.1, -0.05) is 13.3 Å². The van der Waals surface area contributed by atoms with Crippen LogP contribution < -0.4 is 5.32 Å². The molecule has 1 aliphatic rings. The molecule has 0 aromatic carbocycles. The lowest BCUT2D eigenvalue weighted by atomic mass is 10.0. The number of likely N-dealkylation sites (N-methyl/N-ethyl adjacent to an activating group) is 1. The van der Waals surface area contributed by atoms with E-state index in [9.17, 15) is 9.59 Å². The summed E-state index contributed by atoms with van der Waals surface area (Å²) in [6, 6.07) is 0.472. The van der Waals surface area contributed by atoms with Crippen LogP contribution in [0.4, 0.5) is 0 Å². The summed E-state index contributed by atoms with van der Waals surface area (Å²) >= 11 is 0. The molecular weight excluding hydrogens is 242 g/mol. The van der Waals surface area contributed by atoms with Crippen molar-refractivity contribution in [2.45, 2.75) is 45.6 Å². The van der Waals surface area contributed by atoms with Gasteiger partial charge in [-0.15, -0.1) is 0 Å². The first-order valence-electron chi connectivity index (χ1n) is 7.29. The number of hydrogen-bond acceptors (Lipinski definition) is 3. The minimum atomic E-state index is -0.0793. The number of amides is 2. The molecule has 1 N–H and O–H groups in total. The van der Waals surface area contributed by atoms with Crippen LogP contribution in [0.1, 0.15) is 39.5 Å². The van der Waals surface area contributed by atoms with Crippen LogP contribution in [0, 0.1) is 0 Å². The molecule has 0 aliphatic carbocycles. The molecule has 0 spiro atoms. The lowest BCUT2D eigenvalue weighted by molar-refractivity contribution is -0.136. The SMILES string of the molecule is CCCNC(=O)CN(C)C(=O)CN1CCCCC1C. The Kier molecular flexibility index (Phi) is 6.84. The Balaban J connectivity index is 2.33. The summed E-state index contributed by atoms with van der Waals surface area (Å²) in [6.07, 6.45) is 4.49. The van der Waals surface area contributed by atoms with E-state index in [0.717, 1.165) is 19.4 Å². The van der Waals surface area contributed by atoms with E-state index < -0.39 is 0 Å². The Hall–Kier alpha value is -1.10. The van der Waals surface area contributed by atoms with Crippen molar-refractivity contribution in [3.63, 3.8) is 0 Å². The zero-order valence-electron chi connectivity index (χ0n) is 12.4. The molecule has 0 bridgehead atoms. The summed E-state index contributed by atoms with van der Waals surface area (Å²) in [5, 5.41) is 2.78. The van der Waals surface area contributed by atoms with Crippen LogP contribution in [0.25, 0.3) is 0 Å². The van der Waals surface area contributed by atoms with E-state index in [1.54, 1.807) is 7.05 Å². The molecular formula is C14H27N3O2. The average molecular weight is 269 g/mol. The van der Waals surface area contributed by atoms with Gasteiger partial charge in [0.25, 0.3) is 0 Å². The van der Waals surface area contributed by atoms with Crippen LogP contribution in [-0.2, 0) is 9.59 Å². The second kappa shape index (κ2) is 8.15. The van der Waals surface area contributed by atoms with Crippen molar-refractivity contribution in [2.75, 3.05) is 33.2 Å². The first-order chi connectivity index (χ1) is 9.04. The Morgan fingerprint density at radius 2 is 2.11 bits per heavy atom. The van der Waals surface area contributed by atoms with E-state index in [1.807, 2.05) is 6.92 Å². The van der Waals surface area contributed by atoms with Crippen molar-refractivity contribution < 1.29 is 9.59 Å². The lowest BCUT2D eigenvalue weighted by Crippen LogP contribution is -2.47. The fourth-order valence-electron chi connectivity index (χ4n) is 2.31. The van der Waals surface area contributed by atoms with Gasteiger partial charge >= 0.3 is 0 Å². The molecule has 2 amide bonds. The fraction of sp³-hybridized carbons (Fsp3) is 0.857. The molecule has 5 heteroatoms. The van der Waals surface area contributed by atoms with Gasteiger partial charge in [0.2, 0.25) is 11.8 Å². The zero-order chi connectivity index (χ0) is 14.3. The highest BCUT2D eigenvalue weighted by molar-refractivity contribution is 5.85. The first kappa shape index (κ1) is 16.0. The van der Waals surface area contributed by atoms with Gasteiger partial charge in [-0.25, -0.2) is 0 Å². The number of nitrogens with one attached hydrogen (secondary N) is 1. The van der Waals surface area contributed by atoms with Crippen LogP contribution >= 0.6 is 0 Å². The van der Waals surface area contributed by atoms with Gasteiger partial charge in [0.15, 0.2) is 0 Å². The van der Waals surface area contributed by atoms with Crippen LogP contribution in [0.2, 0.25) is 0 Å². The maximum absolute atomic E-state index is 12.1. The Labute approximate surface area is 116 Å². The molecule has 19 heavy (non-hydrogen) atoms. The molecule has 1 unspecified atom stereocenters. The van der Waals surface area contributed by atoms with Gasteiger partial charge in [0.05, 0.1) is 13.1 Å². The Bertz CT molecular complexity index is 307. The predicted molar refractivity (Wildman–Crippen MR) is 75.8 cm³/mol. The summed E-state index contributed by atoms with van der Waals surface area (Å²) in [5.74, 6) is -0.0511. The third-order valence-electron chi connectivity index (χ3n) is 3.66. The van der Waals surface area contributed by atoms with E-state index in [-0.39, 0.29) is 18.4 Å². The van der Waals surface area contributed by atoms with Crippen LogP contribution in [0.15, 0.2) is 0 Å². The van der Waals surface area contributed by atoms with E-state index in [1.165, 1.54) is 17.7 Å². The quantitative estimate of drug-likeness (QED) is 0.777. The number of piperidine rings is 1. The van der Waals surface area contributed by atoms with Gasteiger partial charge in [0.1, 0.15) is 0 Å². The molecule has 0 aromatic rings. The second-order valence-corrected chi connectivity index (χ2v) is 5.42. The first-order valence-corrected chi connectivity index (χ1v) is 7.29. The lowest BCUT2D eigenvalue weighted by Gasteiger charge is -2.33. The molecule has 0 aromatic heterocycles. The van der Waals surface area contributed by atoms with Crippen molar-refractivity contribution in [3.05, 3.63) is 0 Å². The average Bonchev–Trinajstić information content (AvgIpc) is 2.38. The maximum Gasteiger partial charge on any atom is 0.239 e. The van der Waals surface area contributed by atoms with E-state index in [0.29, 0.717) is 19.1 Å². The van der Waals surface area contributed by atoms with Crippen LogP contribution in [0.3, 0.4) is 0 Å². The molecule has 1 atom stereocenters. The normalized spacial score (nSPS) is 20.1. The number of carbonyl (C=O) groups is 2. The highest BCUT2D eigenvalue weighted by atomic mass is 16.2. The summed E-state index contributed by atoms with van der Waals surface area (Å²) in [5.41, 5.74) is 0. The summed E-state index contributed by atoms with van der Waals surface area (Å²) < 4.78 is 0. The largest absolute Gasteiger partial charge is 0.355 e. The predicted octanol–water partition coefficient (Wildman–Crippen LogP) is 0.845. The van der Waals surface area contributed by atoms with Crippen molar-refractivity contribution in [2.24, 2.45) is 0 Å². The number of carbonyl (C=O) groups excluding carboxylic acids is 2. The zero-order valence-corrected chi connectivity index (χ0v) is 12.4. The highest BCUT2D eigenvalue weighted by Gasteiger charge is 2.22. The standard InChI is InChI=1S/C14H27N3O2/c1-4-8-15-13(18)10-16(3)14(19)11-17-9-6-5-7-12(17)2/h12H,4-11H2,1-3H3,(H,15,18). The summed E-state index contributed by atoms with van der Waals surface area (Å²) in [6.45, 7) is 6.42. The van der Waals surface area contributed by atoms with Gasteiger partial charge in [-0.05, 0) is 32.7 Å². The molecule has 1 rings (SSSR count). The Morgan fingerprint density at radius 3 is 2.74 bits per heavy atom. The smallest absolute Gasteiger partial charge is 0.239 e. The van der Waals surface area contributed by atoms with Crippen molar-refractivity contribution in [1.82, 2.24) is 15.1 Å². The number of rotatable bonds is 6. The third-order valence-corrected chi connectivity index (χ3v) is 3.66. The maximum atomic E-state index is 12.1. The van der Waals surface area contributed by atoms with Gasteiger partial charge in [-0.2, -0.15) is 0 Å². The van der Waals surface area contributed by atoms with Gasteiger partial charge in [-0.3, -0.25) is 14.5 Å². The Morgan fingerprint density at radius 1 is 1.37 bits per heavy atom. The molecule has 1 fully saturated rings. The molecule has 5 nitrogen and oxygen atoms in total. The minimum absolute atomic E-state index is 0.0281. The third kappa shape index (κ3) is 5.59. The molecule has 0 saturated carbocycles. The number of hydrogen-bond donors (Lipinski definition) is 1.